The van der Waals surface area contributed by atoms with Crippen LogP contribution in [0.15, 0.2) is 17.1 Å². The van der Waals surface area contributed by atoms with Crippen LogP contribution >= 0.6 is 6.72 Å². The van der Waals surface area contributed by atoms with Crippen LogP contribution in [-0.4, -0.2) is 52.9 Å². The normalized spacial score (nSPS) is 26.9. The maximum absolute atomic E-state index is 11.7. The van der Waals surface area contributed by atoms with Crippen molar-refractivity contribution in [3.05, 3.63) is 22.7 Å². The highest BCUT2D eigenvalue weighted by molar-refractivity contribution is 8.13. The van der Waals surface area contributed by atoms with Crippen LogP contribution in [0.1, 0.15) is 12.6 Å². The summed E-state index contributed by atoms with van der Waals surface area (Å²) in [7, 11) is 0. The van der Waals surface area contributed by atoms with E-state index in [1.807, 2.05) is 0 Å². The summed E-state index contributed by atoms with van der Waals surface area (Å²) in [4.78, 5) is 41.4. The Morgan fingerprint density at radius 1 is 1.55 bits per heavy atom. The molecule has 1 aromatic rings. The second-order valence-corrected chi connectivity index (χ2v) is 7.76. The van der Waals surface area contributed by atoms with Gasteiger partial charge in [-0.2, -0.15) is 4.98 Å². The SMILES string of the molecule is Nc1ccn([C@H]2C[C@H](O)[C@@H](C(O)O[S+]=P(O)(O)O)O2)c(=O)n1. The van der Waals surface area contributed by atoms with Crippen LogP contribution in [0.3, 0.4) is 0 Å². The molecular weight excluding hydrogens is 341 g/mol. The second-order valence-electron chi connectivity index (χ2n) is 4.48. The molecule has 1 aliphatic heterocycles. The highest BCUT2D eigenvalue weighted by atomic mass is 32.5. The van der Waals surface area contributed by atoms with E-state index in [0.717, 1.165) is 4.57 Å². The summed E-state index contributed by atoms with van der Waals surface area (Å²) in [6.07, 6.45) is -3.80. The summed E-state index contributed by atoms with van der Waals surface area (Å²) in [5.74, 6) is 0.0326. The van der Waals surface area contributed by atoms with Crippen LogP contribution in [0.25, 0.3) is 0 Å². The van der Waals surface area contributed by atoms with E-state index in [9.17, 15) is 15.0 Å². The third-order valence-corrected chi connectivity index (χ3v) is 4.16. The molecule has 2 rings (SSSR count). The molecule has 7 N–H and O–H groups in total. The molecule has 1 fully saturated rings. The monoisotopic (exact) mass is 356 g/mol. The first kappa shape index (κ1) is 17.4. The van der Waals surface area contributed by atoms with Crippen molar-refractivity contribution < 1.29 is 33.8 Å². The van der Waals surface area contributed by atoms with Crippen LogP contribution in [0, 0.1) is 0 Å². The van der Waals surface area contributed by atoms with Gasteiger partial charge in [-0.3, -0.25) is 19.2 Å². The maximum Gasteiger partial charge on any atom is 0.560 e. The van der Waals surface area contributed by atoms with Gasteiger partial charge in [-0.05, 0) is 6.07 Å². The Kier molecular flexibility index (Phi) is 5.27. The van der Waals surface area contributed by atoms with Crippen LogP contribution < -0.4 is 11.4 Å². The van der Waals surface area contributed by atoms with Crippen molar-refractivity contribution in [2.24, 2.45) is 0 Å². The predicted octanol–water partition coefficient (Wildman–Crippen LogP) is -2.54. The van der Waals surface area contributed by atoms with E-state index < -0.39 is 37.1 Å². The molecule has 2 heterocycles. The molecule has 1 aromatic heterocycles. The van der Waals surface area contributed by atoms with Gasteiger partial charge >= 0.3 is 23.6 Å². The van der Waals surface area contributed by atoms with E-state index in [-0.39, 0.29) is 23.5 Å². The van der Waals surface area contributed by atoms with Crippen LogP contribution in [-0.2, 0) is 20.1 Å². The fourth-order valence-corrected chi connectivity index (χ4v) is 2.83. The third kappa shape index (κ3) is 4.29. The van der Waals surface area contributed by atoms with Gasteiger partial charge in [0.05, 0.1) is 6.10 Å². The molecule has 0 spiro atoms. The number of nitrogen functional groups attached to an aromatic ring is 1. The third-order valence-electron chi connectivity index (χ3n) is 2.82. The summed E-state index contributed by atoms with van der Waals surface area (Å²) >= 11 is -0.128. The highest BCUT2D eigenvalue weighted by Crippen LogP contribution is 2.33. The molecule has 13 heteroatoms. The average Bonchev–Trinajstić information content (AvgIpc) is 2.77. The summed E-state index contributed by atoms with van der Waals surface area (Å²) in [6, 6.07) is 1.37. The number of nitrogens with two attached hydrogens (primary N) is 1. The summed E-state index contributed by atoms with van der Waals surface area (Å²) in [6.45, 7) is -4.30. The van der Waals surface area contributed by atoms with Crippen molar-refractivity contribution in [2.45, 2.75) is 31.1 Å². The summed E-state index contributed by atoms with van der Waals surface area (Å²) < 4.78 is 11.0. The van der Waals surface area contributed by atoms with Crippen molar-refractivity contribution in [3.8, 4) is 0 Å². The quantitative estimate of drug-likeness (QED) is 0.146. The molecule has 0 bridgehead atoms. The molecule has 0 aromatic carbocycles. The zero-order valence-corrected chi connectivity index (χ0v) is 12.7. The molecule has 0 radical (unpaired) electrons. The van der Waals surface area contributed by atoms with Gasteiger partial charge in [0.2, 0.25) is 6.29 Å². The summed E-state index contributed by atoms with van der Waals surface area (Å²) in [5, 5.41) is 19.5. The van der Waals surface area contributed by atoms with Crippen molar-refractivity contribution in [3.63, 3.8) is 0 Å². The Labute approximate surface area is 127 Å². The largest absolute Gasteiger partial charge is 0.560 e. The van der Waals surface area contributed by atoms with Crippen molar-refractivity contribution in [1.29, 1.82) is 0 Å². The fourth-order valence-electron chi connectivity index (χ4n) is 1.91. The molecule has 11 nitrogen and oxygen atoms in total. The lowest BCUT2D eigenvalue weighted by Gasteiger charge is -2.16. The van der Waals surface area contributed by atoms with Crippen molar-refractivity contribution in [2.75, 3.05) is 5.73 Å². The number of hydrogen-bond acceptors (Lipinski definition) is 7. The zero-order valence-electron chi connectivity index (χ0n) is 11.0. The molecule has 22 heavy (non-hydrogen) atoms. The molecule has 1 saturated heterocycles. The fraction of sp³-hybridized carbons (Fsp3) is 0.556. The van der Waals surface area contributed by atoms with E-state index in [0.29, 0.717) is 0 Å². The lowest BCUT2D eigenvalue weighted by molar-refractivity contribution is -0.148. The Hall–Kier alpha value is -0.950. The average molecular weight is 356 g/mol. The lowest BCUT2D eigenvalue weighted by atomic mass is 10.2. The van der Waals surface area contributed by atoms with E-state index in [4.69, 9.17) is 25.2 Å². The highest BCUT2D eigenvalue weighted by Gasteiger charge is 2.43. The van der Waals surface area contributed by atoms with Gasteiger partial charge in [0.25, 0.3) is 0 Å². The molecule has 0 amide bonds. The number of aromatic nitrogens is 2. The maximum atomic E-state index is 11.7. The van der Waals surface area contributed by atoms with Gasteiger partial charge in [-0.15, -0.1) is 0 Å². The van der Waals surface area contributed by atoms with Gasteiger partial charge in [0.1, 0.15) is 18.1 Å². The first-order valence-electron chi connectivity index (χ1n) is 5.96. The van der Waals surface area contributed by atoms with Crippen LogP contribution in [0.2, 0.25) is 0 Å². The molecule has 4 atom stereocenters. The minimum Gasteiger partial charge on any atom is -0.390 e. The number of hydrogen-bond donors (Lipinski definition) is 6. The number of anilines is 1. The number of nitrogens with zero attached hydrogens (tertiary/aromatic N) is 2. The van der Waals surface area contributed by atoms with E-state index in [1.165, 1.54) is 12.3 Å². The van der Waals surface area contributed by atoms with Gasteiger partial charge in [0, 0.05) is 12.6 Å². The number of aliphatic hydroxyl groups excluding tert-OH is 2. The molecule has 124 valence electrons. The summed E-state index contributed by atoms with van der Waals surface area (Å²) in [5.41, 5.74) is 4.68. The van der Waals surface area contributed by atoms with Gasteiger partial charge < -0.3 is 20.7 Å². The Morgan fingerprint density at radius 2 is 2.23 bits per heavy atom. The molecule has 0 saturated carbocycles. The second kappa shape index (κ2) is 6.66. The van der Waals surface area contributed by atoms with E-state index >= 15 is 0 Å². The Bertz CT molecular complexity index is 640. The number of rotatable bonds is 4. The first-order valence-corrected chi connectivity index (χ1v) is 8.95. The van der Waals surface area contributed by atoms with Gasteiger partial charge in [-0.1, -0.05) is 4.18 Å². The molecule has 1 aliphatic rings. The van der Waals surface area contributed by atoms with Crippen LogP contribution in [0.5, 0.6) is 0 Å². The lowest BCUT2D eigenvalue weighted by Crippen LogP contribution is -2.36. The topological polar surface area (TPSA) is 181 Å². The Morgan fingerprint density at radius 3 is 2.82 bits per heavy atom. The van der Waals surface area contributed by atoms with Gasteiger partial charge in [-0.25, -0.2) is 4.79 Å². The Balaban J connectivity index is 2.10. The minimum atomic E-state index is -4.30. The van der Waals surface area contributed by atoms with E-state index in [1.54, 1.807) is 0 Å². The predicted molar refractivity (Wildman–Crippen MR) is 75.5 cm³/mol. The van der Waals surface area contributed by atoms with Crippen molar-refractivity contribution >= 4 is 23.8 Å². The standard InChI is InChI=1S/C9H14N3O8PS/c10-5-1-2-12(9(15)11-5)6-3-4(13)7(19-6)8(14)20-22-21(16,17)18/h1-2,4,6-8,13-14H,3H2,(H4-,10,11,15,16,17,18)/p+1/t4-,6+,7-,8?/m0/s1. The van der Waals surface area contributed by atoms with Crippen LogP contribution in [0.4, 0.5) is 5.82 Å². The van der Waals surface area contributed by atoms with E-state index in [2.05, 4.69) is 9.17 Å². The molecule has 1 unspecified atom stereocenters. The zero-order chi connectivity index (χ0) is 16.5. The first-order chi connectivity index (χ1) is 10.2. The molecular formula is C9H15N3O8PS+. The number of aliphatic hydroxyl groups is 2. The smallest absolute Gasteiger partial charge is 0.390 e. The number of ether oxygens (including phenoxy) is 1. The molecule has 0 aliphatic carbocycles. The van der Waals surface area contributed by atoms with Crippen molar-refractivity contribution in [1.82, 2.24) is 9.55 Å². The van der Waals surface area contributed by atoms with Gasteiger partial charge in [0.15, 0.2) is 0 Å². The minimum absolute atomic E-state index is 0.0289.